The first-order chi connectivity index (χ1) is 24.8. The van der Waals surface area contributed by atoms with Gasteiger partial charge in [-0.1, -0.05) is 30.4 Å². The van der Waals surface area contributed by atoms with Crippen LogP contribution in [-0.2, 0) is 11.3 Å². The minimum atomic E-state index is -0.618. The maximum Gasteiger partial charge on any atom is 0.333 e. The Morgan fingerprint density at radius 2 is 1.92 bits per heavy atom. The van der Waals surface area contributed by atoms with Crippen LogP contribution in [0.2, 0.25) is 0 Å². The van der Waals surface area contributed by atoms with E-state index in [2.05, 4.69) is 56.8 Å². The Balaban J connectivity index is 1.06. The van der Waals surface area contributed by atoms with E-state index in [-0.39, 0.29) is 35.0 Å². The Labute approximate surface area is 295 Å². The van der Waals surface area contributed by atoms with Crippen molar-refractivity contribution in [1.82, 2.24) is 34.6 Å². The number of phenols is 1. The van der Waals surface area contributed by atoms with Crippen LogP contribution in [0.15, 0.2) is 94.1 Å². The van der Waals surface area contributed by atoms with Crippen LogP contribution in [0, 0.1) is 5.82 Å². The van der Waals surface area contributed by atoms with E-state index in [9.17, 15) is 19.1 Å². The molecule has 1 saturated heterocycles. The summed E-state index contributed by atoms with van der Waals surface area (Å²) in [4.78, 5) is 37.3. The zero-order chi connectivity index (χ0) is 35.1. The minimum Gasteiger partial charge on any atom is -0.508 e. The molecule has 0 radical (unpaired) electrons. The fourth-order valence-corrected chi connectivity index (χ4v) is 8.13. The lowest BCUT2D eigenvalue weighted by Crippen LogP contribution is -2.46. The lowest BCUT2D eigenvalue weighted by Gasteiger charge is -2.31. The Morgan fingerprint density at radius 3 is 2.73 bits per heavy atom. The molecule has 2 unspecified atom stereocenters. The summed E-state index contributed by atoms with van der Waals surface area (Å²) in [7, 11) is 0. The third-order valence-corrected chi connectivity index (χ3v) is 10.8. The number of aromatic hydroxyl groups is 1. The molecule has 266 valence electrons. The van der Waals surface area contributed by atoms with Crippen molar-refractivity contribution in [3.63, 3.8) is 0 Å². The molecule has 0 amide bonds. The smallest absolute Gasteiger partial charge is 0.333 e. The molecule has 12 heteroatoms. The summed E-state index contributed by atoms with van der Waals surface area (Å²) in [5.41, 5.74) is 4.42. The summed E-state index contributed by atoms with van der Waals surface area (Å²) in [6, 6.07) is 6.07. The Bertz CT molecular complexity index is 2100. The van der Waals surface area contributed by atoms with E-state index in [0.717, 1.165) is 54.5 Å². The van der Waals surface area contributed by atoms with Gasteiger partial charge in [0.05, 0.1) is 30.8 Å². The number of nitrogens with one attached hydrogen (secondary N) is 2. The molecule has 0 spiro atoms. The van der Waals surface area contributed by atoms with Gasteiger partial charge in [0, 0.05) is 55.9 Å². The van der Waals surface area contributed by atoms with E-state index in [1.807, 2.05) is 24.3 Å². The largest absolute Gasteiger partial charge is 0.508 e. The van der Waals surface area contributed by atoms with Crippen molar-refractivity contribution in [3.8, 4) is 5.75 Å². The van der Waals surface area contributed by atoms with Crippen molar-refractivity contribution in [2.24, 2.45) is 0 Å². The topological polar surface area (TPSA) is 117 Å². The van der Waals surface area contributed by atoms with Crippen molar-refractivity contribution in [3.05, 3.63) is 122 Å². The first-order valence-corrected chi connectivity index (χ1v) is 18.0. The van der Waals surface area contributed by atoms with Crippen LogP contribution in [0.5, 0.6) is 5.75 Å². The average Bonchev–Trinajstić information content (AvgIpc) is 3.57. The van der Waals surface area contributed by atoms with Crippen molar-refractivity contribution < 1.29 is 14.2 Å². The van der Waals surface area contributed by atoms with Gasteiger partial charge in [0.25, 0.3) is 5.56 Å². The van der Waals surface area contributed by atoms with Gasteiger partial charge in [0.2, 0.25) is 0 Å². The first-order valence-electron chi connectivity index (χ1n) is 18.0. The van der Waals surface area contributed by atoms with Gasteiger partial charge in [-0.25, -0.2) is 14.2 Å². The molecule has 5 heterocycles. The molecule has 51 heavy (non-hydrogen) atoms. The third-order valence-electron chi connectivity index (χ3n) is 10.8. The number of phenolic OH excluding ortho intramolecular Hbond substituents is 1. The molecule has 1 aromatic carbocycles. The van der Waals surface area contributed by atoms with Crippen LogP contribution < -0.4 is 21.9 Å². The highest BCUT2D eigenvalue weighted by molar-refractivity contribution is 5.79. The molecule has 11 nitrogen and oxygen atoms in total. The van der Waals surface area contributed by atoms with E-state index >= 15 is 0 Å². The molecular formula is C39H44FN7O4. The fraction of sp³-hybridized carbons (Fsp3) is 0.410. The van der Waals surface area contributed by atoms with Gasteiger partial charge in [-0.3, -0.25) is 18.8 Å². The highest BCUT2D eigenvalue weighted by Crippen LogP contribution is 2.33. The van der Waals surface area contributed by atoms with Gasteiger partial charge < -0.3 is 25.4 Å². The monoisotopic (exact) mass is 693 g/mol. The van der Waals surface area contributed by atoms with E-state index in [0.29, 0.717) is 45.6 Å². The van der Waals surface area contributed by atoms with Crippen LogP contribution in [0.25, 0.3) is 16.6 Å². The molecule has 2 atom stereocenters. The number of hydrogen-bond donors (Lipinski definition) is 3. The van der Waals surface area contributed by atoms with Gasteiger partial charge in [-0.2, -0.15) is 0 Å². The average molecular weight is 694 g/mol. The van der Waals surface area contributed by atoms with E-state index in [4.69, 9.17) is 4.74 Å². The minimum absolute atomic E-state index is 0.103. The second kappa shape index (κ2) is 14.1. The number of pyridine rings is 1. The van der Waals surface area contributed by atoms with Gasteiger partial charge in [-0.05, 0) is 86.1 Å². The summed E-state index contributed by atoms with van der Waals surface area (Å²) < 4.78 is 23.1. The summed E-state index contributed by atoms with van der Waals surface area (Å²) in [5.74, 6) is -0.426. The van der Waals surface area contributed by atoms with Gasteiger partial charge in [-0.15, -0.1) is 0 Å². The van der Waals surface area contributed by atoms with Crippen molar-refractivity contribution in [1.29, 1.82) is 0 Å². The van der Waals surface area contributed by atoms with Crippen LogP contribution >= 0.6 is 0 Å². The number of rotatable bonds is 8. The molecule has 8 rings (SSSR count). The predicted molar refractivity (Wildman–Crippen MR) is 194 cm³/mol. The second-order valence-electron chi connectivity index (χ2n) is 14.1. The fourth-order valence-electron chi connectivity index (χ4n) is 8.13. The molecule has 3 N–H and O–H groups in total. The van der Waals surface area contributed by atoms with Crippen molar-refractivity contribution >= 4 is 16.6 Å². The second-order valence-corrected chi connectivity index (χ2v) is 14.1. The molecule has 3 aromatic rings. The Hall–Kier alpha value is -4.78. The summed E-state index contributed by atoms with van der Waals surface area (Å²) in [5, 5.41) is 17.7. The molecular weight excluding hydrogens is 649 g/mol. The number of aromatic nitrogens is 3. The number of nitrogens with zero attached hydrogens (tertiary/aromatic N) is 5. The van der Waals surface area contributed by atoms with E-state index in [1.165, 1.54) is 16.3 Å². The lowest BCUT2D eigenvalue weighted by atomic mass is 9.90. The SMILES string of the molecule is CC1=CC=CC2NC(CNC3CCC(n4c(=O)c5cc(F)cnc5n(C5C=C(c6ccc(O)cc6CN6CCOCC6)C=CC5)c4=O)CC3)=CN12. The van der Waals surface area contributed by atoms with E-state index in [1.54, 1.807) is 16.7 Å². The molecule has 2 aromatic heterocycles. The number of benzene rings is 1. The number of morpholine rings is 1. The zero-order valence-corrected chi connectivity index (χ0v) is 28.8. The van der Waals surface area contributed by atoms with Crippen LogP contribution in [0.4, 0.5) is 4.39 Å². The van der Waals surface area contributed by atoms with Crippen LogP contribution in [0.3, 0.4) is 0 Å². The molecule has 1 saturated carbocycles. The number of hydrogen-bond acceptors (Lipinski definition) is 9. The van der Waals surface area contributed by atoms with Gasteiger partial charge in [0.1, 0.15) is 23.4 Å². The lowest BCUT2D eigenvalue weighted by molar-refractivity contribution is 0.0341. The third kappa shape index (κ3) is 6.71. The summed E-state index contributed by atoms with van der Waals surface area (Å²) in [6.07, 6.45) is 19.2. The van der Waals surface area contributed by atoms with Crippen molar-refractivity contribution in [2.45, 2.75) is 69.9 Å². The standard InChI is InChI=1S/C39H44FN7O4/c1-25-4-2-7-36-43-30(24-45(25)36)22-41-29-8-10-31(11-9-29)47-38(49)35-20-28(40)21-42-37(35)46(39(47)50)32-6-3-5-26(18-32)34-13-12-33(48)19-27(34)23-44-14-16-51-17-15-44/h2-5,7,12-13,18-21,24,29,31-32,36,41,43,48H,6,8-11,14-17,22-23H2,1H3. The number of halogens is 1. The van der Waals surface area contributed by atoms with Crippen molar-refractivity contribution in [2.75, 3.05) is 32.8 Å². The van der Waals surface area contributed by atoms with E-state index < -0.39 is 23.1 Å². The number of fused-ring (bicyclic) bond motifs is 2. The molecule has 3 aliphatic heterocycles. The normalized spacial score (nSPS) is 25.0. The van der Waals surface area contributed by atoms with Gasteiger partial charge in [0.15, 0.2) is 0 Å². The molecule has 5 aliphatic rings. The number of ether oxygens (including phenoxy) is 1. The molecule has 2 aliphatic carbocycles. The van der Waals surface area contributed by atoms with Gasteiger partial charge >= 0.3 is 5.69 Å². The number of allylic oxidation sites excluding steroid dienone is 7. The maximum absolute atomic E-state index is 14.6. The Kier molecular flexibility index (Phi) is 9.22. The predicted octanol–water partition coefficient (Wildman–Crippen LogP) is 4.44. The molecule has 2 fully saturated rings. The maximum atomic E-state index is 14.6. The first kappa shape index (κ1) is 33.4. The quantitative estimate of drug-likeness (QED) is 0.315. The summed E-state index contributed by atoms with van der Waals surface area (Å²) in [6.45, 7) is 6.40. The van der Waals surface area contributed by atoms with Crippen LogP contribution in [0.1, 0.15) is 62.2 Å². The molecule has 0 bridgehead atoms. The Morgan fingerprint density at radius 1 is 1.10 bits per heavy atom. The summed E-state index contributed by atoms with van der Waals surface area (Å²) >= 11 is 0. The highest BCUT2D eigenvalue weighted by atomic mass is 19.1. The highest BCUT2D eigenvalue weighted by Gasteiger charge is 2.30. The zero-order valence-electron chi connectivity index (χ0n) is 28.8. The van der Waals surface area contributed by atoms with Crippen LogP contribution in [-0.4, -0.2) is 74.1 Å².